The molecule has 2 atom stereocenters. The standard InChI is InChI=1S/C12H16N2O4S/c15-9-4-2-1-3-8(9)13-12(18)14-10-7(11(16)17)5-6-19-10/h5-6,8-9,15H,1-4H2,(H,16,17)(H2,13,14,18)/t8-,9-/m1/s1. The zero-order chi connectivity index (χ0) is 13.8. The maximum atomic E-state index is 11.8. The molecule has 1 aromatic rings. The van der Waals surface area contributed by atoms with E-state index in [-0.39, 0.29) is 11.6 Å². The summed E-state index contributed by atoms with van der Waals surface area (Å²) in [6.07, 6.45) is 2.84. The van der Waals surface area contributed by atoms with Gasteiger partial charge in [0, 0.05) is 0 Å². The molecule has 2 rings (SSSR count). The molecule has 1 heterocycles. The molecule has 0 aliphatic heterocycles. The van der Waals surface area contributed by atoms with Crippen molar-refractivity contribution in [2.45, 2.75) is 37.8 Å². The third kappa shape index (κ3) is 3.45. The molecule has 2 amide bonds. The van der Waals surface area contributed by atoms with E-state index in [0.29, 0.717) is 11.4 Å². The zero-order valence-corrected chi connectivity index (χ0v) is 11.1. The number of carbonyl (C=O) groups is 2. The van der Waals surface area contributed by atoms with E-state index in [1.165, 1.54) is 6.07 Å². The van der Waals surface area contributed by atoms with Gasteiger partial charge in [0.05, 0.1) is 17.7 Å². The number of nitrogens with one attached hydrogen (secondary N) is 2. The average molecular weight is 284 g/mol. The van der Waals surface area contributed by atoms with E-state index in [0.717, 1.165) is 30.6 Å². The smallest absolute Gasteiger partial charge is 0.338 e. The average Bonchev–Trinajstić information content (AvgIpc) is 2.80. The Labute approximate surface area is 114 Å². The lowest BCUT2D eigenvalue weighted by Gasteiger charge is -2.28. The number of urea groups is 1. The van der Waals surface area contributed by atoms with Gasteiger partial charge in [-0.05, 0) is 24.3 Å². The van der Waals surface area contributed by atoms with Crippen LogP contribution in [0.15, 0.2) is 11.4 Å². The summed E-state index contributed by atoms with van der Waals surface area (Å²) < 4.78 is 0. The van der Waals surface area contributed by atoms with Gasteiger partial charge < -0.3 is 15.5 Å². The Bertz CT molecular complexity index is 474. The molecule has 0 saturated heterocycles. The maximum absolute atomic E-state index is 11.8. The van der Waals surface area contributed by atoms with Crippen molar-refractivity contribution in [3.05, 3.63) is 17.0 Å². The van der Waals surface area contributed by atoms with Crippen LogP contribution in [0.5, 0.6) is 0 Å². The van der Waals surface area contributed by atoms with Crippen LogP contribution in [0.4, 0.5) is 9.80 Å². The minimum atomic E-state index is -1.07. The fourth-order valence-electron chi connectivity index (χ4n) is 2.16. The first-order chi connectivity index (χ1) is 9.08. The second-order valence-electron chi connectivity index (χ2n) is 4.53. The van der Waals surface area contributed by atoms with Crippen molar-refractivity contribution >= 4 is 28.3 Å². The Morgan fingerprint density at radius 1 is 1.32 bits per heavy atom. The minimum absolute atomic E-state index is 0.0735. The van der Waals surface area contributed by atoms with Crippen molar-refractivity contribution < 1.29 is 19.8 Å². The van der Waals surface area contributed by atoms with E-state index in [4.69, 9.17) is 5.11 Å². The molecule has 1 saturated carbocycles. The van der Waals surface area contributed by atoms with Gasteiger partial charge in [-0.25, -0.2) is 9.59 Å². The van der Waals surface area contributed by atoms with E-state index < -0.39 is 18.1 Å². The number of thiophene rings is 1. The van der Waals surface area contributed by atoms with Crippen LogP contribution in [0.1, 0.15) is 36.0 Å². The molecule has 7 heteroatoms. The molecule has 6 nitrogen and oxygen atoms in total. The number of aliphatic hydroxyl groups is 1. The number of aromatic carboxylic acids is 1. The van der Waals surface area contributed by atoms with Gasteiger partial charge in [-0.3, -0.25) is 5.32 Å². The van der Waals surface area contributed by atoms with Crippen molar-refractivity contribution in [3.63, 3.8) is 0 Å². The van der Waals surface area contributed by atoms with Crippen LogP contribution in [-0.4, -0.2) is 34.4 Å². The minimum Gasteiger partial charge on any atom is -0.478 e. The monoisotopic (exact) mass is 284 g/mol. The highest BCUT2D eigenvalue weighted by molar-refractivity contribution is 7.14. The largest absolute Gasteiger partial charge is 0.478 e. The quantitative estimate of drug-likeness (QED) is 0.681. The SMILES string of the molecule is O=C(Nc1sccc1C(=O)O)N[C@@H]1CCCC[C@H]1O. The Hall–Kier alpha value is -1.60. The summed E-state index contributed by atoms with van der Waals surface area (Å²) in [6.45, 7) is 0. The molecule has 0 radical (unpaired) electrons. The number of amides is 2. The normalized spacial score (nSPS) is 22.8. The van der Waals surface area contributed by atoms with Crippen LogP contribution < -0.4 is 10.6 Å². The van der Waals surface area contributed by atoms with Crippen LogP contribution in [0, 0.1) is 0 Å². The molecule has 0 spiro atoms. The summed E-state index contributed by atoms with van der Waals surface area (Å²) in [5.41, 5.74) is 0.0735. The third-order valence-electron chi connectivity index (χ3n) is 3.17. The molecule has 0 bridgehead atoms. The number of carbonyl (C=O) groups excluding carboxylic acids is 1. The van der Waals surface area contributed by atoms with Crippen molar-refractivity contribution in [1.29, 1.82) is 0 Å². The molecule has 0 unspecified atom stereocenters. The van der Waals surface area contributed by atoms with Gasteiger partial charge in [-0.1, -0.05) is 12.8 Å². The molecule has 1 aliphatic carbocycles. The topological polar surface area (TPSA) is 98.7 Å². The van der Waals surface area contributed by atoms with Crippen LogP contribution in [0.25, 0.3) is 0 Å². The molecule has 1 fully saturated rings. The lowest BCUT2D eigenvalue weighted by atomic mass is 9.93. The van der Waals surface area contributed by atoms with Crippen LogP contribution in [-0.2, 0) is 0 Å². The van der Waals surface area contributed by atoms with Crippen molar-refractivity contribution in [3.8, 4) is 0 Å². The highest BCUT2D eigenvalue weighted by atomic mass is 32.1. The summed E-state index contributed by atoms with van der Waals surface area (Å²) in [6, 6.07) is 0.704. The number of anilines is 1. The molecular formula is C12H16N2O4S. The molecule has 19 heavy (non-hydrogen) atoms. The highest BCUT2D eigenvalue weighted by Gasteiger charge is 2.25. The molecule has 4 N–H and O–H groups in total. The summed E-state index contributed by atoms with van der Waals surface area (Å²) in [5.74, 6) is -1.07. The predicted octanol–water partition coefficient (Wildman–Crippen LogP) is 1.87. The van der Waals surface area contributed by atoms with E-state index >= 15 is 0 Å². The predicted molar refractivity (Wildman–Crippen MR) is 71.7 cm³/mol. The molecule has 1 aliphatic rings. The van der Waals surface area contributed by atoms with Gasteiger partial charge in [0.1, 0.15) is 5.00 Å². The fourth-order valence-corrected chi connectivity index (χ4v) is 2.94. The number of carboxylic acid groups (broad SMARTS) is 1. The lowest BCUT2D eigenvalue weighted by Crippen LogP contribution is -2.46. The van der Waals surface area contributed by atoms with Gasteiger partial charge in [-0.15, -0.1) is 11.3 Å². The fraction of sp³-hybridized carbons (Fsp3) is 0.500. The van der Waals surface area contributed by atoms with Gasteiger partial charge in [0.25, 0.3) is 0 Å². The first-order valence-electron chi connectivity index (χ1n) is 6.14. The van der Waals surface area contributed by atoms with E-state index in [9.17, 15) is 14.7 Å². The Morgan fingerprint density at radius 3 is 2.74 bits per heavy atom. The van der Waals surface area contributed by atoms with Gasteiger partial charge >= 0.3 is 12.0 Å². The number of hydrogen-bond acceptors (Lipinski definition) is 4. The lowest BCUT2D eigenvalue weighted by molar-refractivity contribution is 0.0698. The molecular weight excluding hydrogens is 268 g/mol. The first kappa shape index (κ1) is 13.8. The van der Waals surface area contributed by atoms with Crippen molar-refractivity contribution in [1.82, 2.24) is 5.32 Å². The second-order valence-corrected chi connectivity index (χ2v) is 5.44. The third-order valence-corrected chi connectivity index (χ3v) is 4.00. The maximum Gasteiger partial charge on any atom is 0.338 e. The van der Waals surface area contributed by atoms with E-state index in [1.54, 1.807) is 5.38 Å². The van der Waals surface area contributed by atoms with Crippen molar-refractivity contribution in [2.24, 2.45) is 0 Å². The number of rotatable bonds is 3. The molecule has 0 aromatic carbocycles. The van der Waals surface area contributed by atoms with E-state index in [2.05, 4.69) is 10.6 Å². The first-order valence-corrected chi connectivity index (χ1v) is 7.02. The van der Waals surface area contributed by atoms with Crippen LogP contribution in [0.3, 0.4) is 0 Å². The number of hydrogen-bond donors (Lipinski definition) is 4. The zero-order valence-electron chi connectivity index (χ0n) is 10.3. The molecule has 104 valence electrons. The van der Waals surface area contributed by atoms with Gasteiger partial charge in [0.15, 0.2) is 0 Å². The number of aliphatic hydroxyl groups excluding tert-OH is 1. The van der Waals surface area contributed by atoms with E-state index in [1.807, 2.05) is 0 Å². The number of carboxylic acids is 1. The highest BCUT2D eigenvalue weighted by Crippen LogP contribution is 2.23. The van der Waals surface area contributed by atoms with Crippen LogP contribution in [0.2, 0.25) is 0 Å². The summed E-state index contributed by atoms with van der Waals surface area (Å²) in [7, 11) is 0. The molecule has 1 aromatic heterocycles. The van der Waals surface area contributed by atoms with Gasteiger partial charge in [0.2, 0.25) is 0 Å². The summed E-state index contributed by atoms with van der Waals surface area (Å²) in [5, 5.41) is 25.8. The summed E-state index contributed by atoms with van der Waals surface area (Å²) >= 11 is 1.15. The van der Waals surface area contributed by atoms with Crippen LogP contribution >= 0.6 is 11.3 Å². The second kappa shape index (κ2) is 6.03. The Balaban J connectivity index is 1.93. The van der Waals surface area contributed by atoms with Gasteiger partial charge in [-0.2, -0.15) is 0 Å². The summed E-state index contributed by atoms with van der Waals surface area (Å²) in [4.78, 5) is 22.7. The Morgan fingerprint density at radius 2 is 2.05 bits per heavy atom. The van der Waals surface area contributed by atoms with Crippen molar-refractivity contribution in [2.75, 3.05) is 5.32 Å². The Kier molecular flexibility index (Phi) is 4.39.